The van der Waals surface area contributed by atoms with Gasteiger partial charge in [0.15, 0.2) is 29.7 Å². The summed E-state index contributed by atoms with van der Waals surface area (Å²) in [5.74, 6) is -2.75. The average molecular weight is 461 g/mol. The topological polar surface area (TPSA) is 142 Å². The van der Waals surface area contributed by atoms with Gasteiger partial charge in [-0.2, -0.15) is 0 Å². The molecule has 0 radical (unpaired) electrons. The standard InChI is InChI=1S/C18H27N3O9S/c1-9(22)26-7-13-14(27-10(2)23)15(28-11(3)24)16(29-12(4)25)17(30-13)20-18(31)19-8-21(5)6/h8,13-17H,7H2,1-6H3,(H,20,31)/b19-8+/t13-,14-,15+,16-,17+/m1/s1. The van der Waals surface area contributed by atoms with E-state index >= 15 is 0 Å². The second kappa shape index (κ2) is 12.2. The number of carbonyl (C=O) groups excluding carboxylic acids is 4. The number of aliphatic imine (C=N–C) groups is 1. The number of hydrogen-bond donors (Lipinski definition) is 1. The van der Waals surface area contributed by atoms with Gasteiger partial charge in [-0.1, -0.05) is 0 Å². The number of ether oxygens (including phenoxy) is 5. The first-order valence-electron chi connectivity index (χ1n) is 9.22. The maximum atomic E-state index is 11.7. The lowest BCUT2D eigenvalue weighted by molar-refractivity contribution is -0.254. The summed E-state index contributed by atoms with van der Waals surface area (Å²) >= 11 is 5.16. The highest BCUT2D eigenvalue weighted by atomic mass is 32.1. The van der Waals surface area contributed by atoms with Crippen molar-refractivity contribution in [3.8, 4) is 0 Å². The first-order chi connectivity index (χ1) is 14.4. The van der Waals surface area contributed by atoms with Gasteiger partial charge in [-0.25, -0.2) is 4.99 Å². The van der Waals surface area contributed by atoms with Crippen molar-refractivity contribution >= 4 is 47.5 Å². The zero-order chi connectivity index (χ0) is 23.7. The molecule has 0 saturated carbocycles. The summed E-state index contributed by atoms with van der Waals surface area (Å²) in [5.41, 5.74) is 0. The van der Waals surface area contributed by atoms with Crippen molar-refractivity contribution < 1.29 is 42.9 Å². The van der Waals surface area contributed by atoms with E-state index in [4.69, 9.17) is 35.9 Å². The summed E-state index contributed by atoms with van der Waals surface area (Å²) in [5, 5.41) is 2.74. The largest absolute Gasteiger partial charge is 0.463 e. The van der Waals surface area contributed by atoms with Crippen molar-refractivity contribution in [3.05, 3.63) is 0 Å². The van der Waals surface area contributed by atoms with Crippen LogP contribution in [0.1, 0.15) is 27.7 Å². The lowest BCUT2D eigenvalue weighted by Gasteiger charge is -2.44. The Morgan fingerprint density at radius 3 is 1.94 bits per heavy atom. The number of rotatable bonds is 7. The Bertz CT molecular complexity index is 728. The predicted octanol–water partition coefficient (Wildman–Crippen LogP) is -0.466. The molecule has 0 aromatic carbocycles. The molecule has 0 amide bonds. The van der Waals surface area contributed by atoms with E-state index in [0.29, 0.717) is 0 Å². The van der Waals surface area contributed by atoms with Crippen LogP contribution in [0.25, 0.3) is 0 Å². The number of nitrogens with one attached hydrogen (secondary N) is 1. The molecule has 0 spiro atoms. The van der Waals surface area contributed by atoms with E-state index in [2.05, 4.69) is 10.3 Å². The van der Waals surface area contributed by atoms with Gasteiger partial charge in [0, 0.05) is 41.8 Å². The molecular weight excluding hydrogens is 434 g/mol. The van der Waals surface area contributed by atoms with Crippen LogP contribution in [-0.2, 0) is 42.9 Å². The summed E-state index contributed by atoms with van der Waals surface area (Å²) in [7, 11) is 3.47. The highest BCUT2D eigenvalue weighted by Crippen LogP contribution is 2.28. The molecule has 5 atom stereocenters. The number of nitrogens with zero attached hydrogens (tertiary/aromatic N) is 2. The van der Waals surface area contributed by atoms with E-state index in [-0.39, 0.29) is 11.7 Å². The van der Waals surface area contributed by atoms with Crippen LogP contribution in [0.4, 0.5) is 0 Å². The third kappa shape index (κ3) is 9.26. The summed E-state index contributed by atoms with van der Waals surface area (Å²) in [6.07, 6.45) is -4.57. The highest BCUT2D eigenvalue weighted by Gasteiger charge is 2.52. The summed E-state index contributed by atoms with van der Waals surface area (Å²) in [6, 6.07) is 0. The van der Waals surface area contributed by atoms with Crippen molar-refractivity contribution in [1.29, 1.82) is 0 Å². The molecule has 0 aromatic heterocycles. The molecule has 1 fully saturated rings. The van der Waals surface area contributed by atoms with Gasteiger partial charge in [0.1, 0.15) is 12.7 Å². The zero-order valence-corrected chi connectivity index (χ0v) is 19.0. The Kier molecular flexibility index (Phi) is 10.3. The lowest BCUT2D eigenvalue weighted by atomic mass is 9.97. The first kappa shape index (κ1) is 26.2. The number of thiocarbonyl (C=S) groups is 1. The molecule has 1 heterocycles. The van der Waals surface area contributed by atoms with E-state index in [1.807, 2.05) is 0 Å². The third-order valence-corrected chi connectivity index (χ3v) is 3.89. The SMILES string of the molecule is CC(=O)OC[C@H]1O[C@H](NC(=S)/N=C/N(C)C)[C@H](OC(C)=O)[C@@H](OC(C)=O)[C@@H]1OC(C)=O. The lowest BCUT2D eigenvalue weighted by Crippen LogP contribution is -2.66. The minimum atomic E-state index is -1.28. The number of esters is 4. The van der Waals surface area contributed by atoms with E-state index in [9.17, 15) is 19.2 Å². The molecule has 1 N–H and O–H groups in total. The van der Waals surface area contributed by atoms with Crippen molar-refractivity contribution in [1.82, 2.24) is 10.2 Å². The molecule has 0 bridgehead atoms. The average Bonchev–Trinajstić information content (AvgIpc) is 2.62. The van der Waals surface area contributed by atoms with Crippen LogP contribution in [-0.4, -0.2) is 91.6 Å². The zero-order valence-electron chi connectivity index (χ0n) is 18.1. The van der Waals surface area contributed by atoms with Crippen molar-refractivity contribution in [2.24, 2.45) is 4.99 Å². The number of carbonyl (C=O) groups is 4. The molecular formula is C18H27N3O9S. The van der Waals surface area contributed by atoms with Crippen LogP contribution >= 0.6 is 12.2 Å². The third-order valence-electron chi connectivity index (χ3n) is 3.66. The quantitative estimate of drug-likeness (QED) is 0.172. The Hall–Kier alpha value is -2.80. The Morgan fingerprint density at radius 1 is 0.935 bits per heavy atom. The van der Waals surface area contributed by atoms with Gasteiger partial charge >= 0.3 is 23.9 Å². The summed E-state index contributed by atoms with van der Waals surface area (Å²) < 4.78 is 26.7. The first-order valence-corrected chi connectivity index (χ1v) is 9.63. The summed E-state index contributed by atoms with van der Waals surface area (Å²) in [4.78, 5) is 52.1. The van der Waals surface area contributed by atoms with Crippen LogP contribution in [0.5, 0.6) is 0 Å². The van der Waals surface area contributed by atoms with Crippen LogP contribution in [0, 0.1) is 0 Å². The smallest absolute Gasteiger partial charge is 0.303 e. The molecule has 31 heavy (non-hydrogen) atoms. The summed E-state index contributed by atoms with van der Waals surface area (Å²) in [6.45, 7) is 4.29. The normalized spacial score (nSPS) is 25.3. The van der Waals surface area contributed by atoms with Crippen LogP contribution in [0.3, 0.4) is 0 Å². The van der Waals surface area contributed by atoms with Gasteiger partial charge < -0.3 is 33.9 Å². The molecule has 13 heteroatoms. The second-order valence-electron chi connectivity index (χ2n) is 6.78. The molecule has 0 aliphatic carbocycles. The van der Waals surface area contributed by atoms with E-state index in [0.717, 1.165) is 20.8 Å². The molecule has 0 unspecified atom stereocenters. The Labute approximate surface area is 185 Å². The van der Waals surface area contributed by atoms with Crippen LogP contribution in [0.15, 0.2) is 4.99 Å². The molecule has 12 nitrogen and oxygen atoms in total. The van der Waals surface area contributed by atoms with Crippen molar-refractivity contribution in [2.45, 2.75) is 58.3 Å². The van der Waals surface area contributed by atoms with Crippen LogP contribution < -0.4 is 5.32 Å². The minimum absolute atomic E-state index is 0.0189. The fourth-order valence-corrected chi connectivity index (χ4v) is 2.83. The molecule has 1 aliphatic heterocycles. The Morgan fingerprint density at radius 2 is 1.45 bits per heavy atom. The monoisotopic (exact) mass is 461 g/mol. The van der Waals surface area contributed by atoms with Gasteiger partial charge in [-0.05, 0) is 12.2 Å². The van der Waals surface area contributed by atoms with Gasteiger partial charge in [0.05, 0.1) is 6.34 Å². The van der Waals surface area contributed by atoms with Crippen molar-refractivity contribution in [2.75, 3.05) is 20.7 Å². The van der Waals surface area contributed by atoms with E-state index < -0.39 is 54.5 Å². The van der Waals surface area contributed by atoms with Gasteiger partial charge in [-0.15, -0.1) is 0 Å². The van der Waals surface area contributed by atoms with Gasteiger partial charge in [0.25, 0.3) is 0 Å². The molecule has 0 aromatic rings. The van der Waals surface area contributed by atoms with E-state index in [1.54, 1.807) is 19.0 Å². The molecule has 1 aliphatic rings. The number of hydrogen-bond acceptors (Lipinski definition) is 10. The van der Waals surface area contributed by atoms with Crippen LogP contribution in [0.2, 0.25) is 0 Å². The fraction of sp³-hybridized carbons (Fsp3) is 0.667. The molecule has 1 saturated heterocycles. The highest BCUT2D eigenvalue weighted by molar-refractivity contribution is 7.80. The molecule has 1 rings (SSSR count). The predicted molar refractivity (Wildman–Crippen MR) is 110 cm³/mol. The fourth-order valence-electron chi connectivity index (χ4n) is 2.67. The maximum absolute atomic E-state index is 11.7. The van der Waals surface area contributed by atoms with Crippen molar-refractivity contribution in [3.63, 3.8) is 0 Å². The minimum Gasteiger partial charge on any atom is -0.463 e. The maximum Gasteiger partial charge on any atom is 0.303 e. The van der Waals surface area contributed by atoms with E-state index in [1.165, 1.54) is 13.3 Å². The Balaban J connectivity index is 3.32. The molecule has 174 valence electrons. The second-order valence-corrected chi connectivity index (χ2v) is 7.16. The van der Waals surface area contributed by atoms with Gasteiger partial charge in [-0.3, -0.25) is 19.2 Å². The van der Waals surface area contributed by atoms with Gasteiger partial charge in [0.2, 0.25) is 0 Å².